The fraction of sp³-hybridized carbons (Fsp3) is 0.333. The Hall–Kier alpha value is -0.690. The number of benzene rings is 1. The molecule has 1 aromatic carbocycles. The lowest BCUT2D eigenvalue weighted by Crippen LogP contribution is -2.18. The molecule has 0 aliphatic rings. The molecule has 0 unspecified atom stereocenters. The number of hydrogen-bond acceptors (Lipinski definition) is 2. The Morgan fingerprint density at radius 1 is 1.38 bits per heavy atom. The molecular formula is C9H10BrF2NO2S. The van der Waals surface area contributed by atoms with Gasteiger partial charge in [-0.2, -0.15) is 0 Å². The summed E-state index contributed by atoms with van der Waals surface area (Å²) in [7, 11) is -3.70. The minimum atomic E-state index is -3.70. The van der Waals surface area contributed by atoms with Crippen LogP contribution in [0.15, 0.2) is 16.6 Å². The first kappa shape index (κ1) is 13.4. The van der Waals surface area contributed by atoms with Gasteiger partial charge < -0.3 is 0 Å². The highest BCUT2D eigenvalue weighted by molar-refractivity contribution is 9.10. The van der Waals surface area contributed by atoms with Crippen molar-refractivity contribution >= 4 is 31.6 Å². The van der Waals surface area contributed by atoms with Crippen LogP contribution in [0.25, 0.3) is 0 Å². The first-order valence-corrected chi connectivity index (χ1v) is 6.96. The van der Waals surface area contributed by atoms with Crippen molar-refractivity contribution in [2.24, 2.45) is 0 Å². The molecule has 1 N–H and O–H groups in total. The molecule has 3 nitrogen and oxygen atoms in total. The highest BCUT2D eigenvalue weighted by atomic mass is 79.9. The highest BCUT2D eigenvalue weighted by Crippen LogP contribution is 2.26. The number of halogens is 3. The first-order chi connectivity index (χ1) is 7.37. The zero-order valence-electron chi connectivity index (χ0n) is 8.43. The maximum atomic E-state index is 13.4. The summed E-state index contributed by atoms with van der Waals surface area (Å²) in [6.07, 6.45) is 0.368. The third-order valence-electron chi connectivity index (χ3n) is 1.77. The molecule has 0 aromatic heterocycles. The van der Waals surface area contributed by atoms with Crippen LogP contribution < -0.4 is 4.72 Å². The van der Waals surface area contributed by atoms with E-state index in [9.17, 15) is 17.2 Å². The van der Waals surface area contributed by atoms with E-state index in [0.717, 1.165) is 6.07 Å². The Morgan fingerprint density at radius 2 is 2.00 bits per heavy atom. The highest BCUT2D eigenvalue weighted by Gasteiger charge is 2.17. The molecule has 0 fully saturated rings. The molecule has 1 aromatic rings. The van der Waals surface area contributed by atoms with Crippen LogP contribution in [0.1, 0.15) is 13.3 Å². The smallest absolute Gasteiger partial charge is 0.232 e. The summed E-state index contributed by atoms with van der Waals surface area (Å²) in [5, 5.41) is 0. The zero-order valence-corrected chi connectivity index (χ0v) is 10.8. The summed E-state index contributed by atoms with van der Waals surface area (Å²) in [6, 6.07) is 2.15. The van der Waals surface area contributed by atoms with Crippen molar-refractivity contribution in [1.29, 1.82) is 0 Å². The predicted octanol–water partition coefficient (Wildman–Crippen LogP) is 2.88. The minimum absolute atomic E-state index is 0.00287. The largest absolute Gasteiger partial charge is 0.278 e. The van der Waals surface area contributed by atoms with Gasteiger partial charge >= 0.3 is 0 Å². The average Bonchev–Trinajstić information content (AvgIpc) is 2.19. The molecule has 90 valence electrons. The molecule has 0 aliphatic carbocycles. The van der Waals surface area contributed by atoms with Crippen molar-refractivity contribution in [2.75, 3.05) is 10.5 Å². The standard InChI is InChI=1S/C9H10BrF2NO2S/c1-2-5-16(14,15)13-9-7(11)4-3-6(10)8(9)12/h3-4,13H,2,5H2,1H3. The Labute approximate surface area is 101 Å². The number of hydrogen-bond donors (Lipinski definition) is 1. The average molecular weight is 314 g/mol. The summed E-state index contributed by atoms with van der Waals surface area (Å²) < 4.78 is 51.2. The lowest BCUT2D eigenvalue weighted by molar-refractivity contribution is 0.579. The molecule has 0 radical (unpaired) electrons. The van der Waals surface area contributed by atoms with Gasteiger partial charge in [0.1, 0.15) is 11.5 Å². The molecule has 0 spiro atoms. The van der Waals surface area contributed by atoms with E-state index in [4.69, 9.17) is 0 Å². The lowest BCUT2D eigenvalue weighted by Gasteiger charge is -2.09. The molecule has 0 aliphatic heterocycles. The molecule has 0 saturated carbocycles. The van der Waals surface area contributed by atoms with Crippen molar-refractivity contribution in [2.45, 2.75) is 13.3 Å². The molecule has 0 heterocycles. The second kappa shape index (κ2) is 5.09. The maximum Gasteiger partial charge on any atom is 0.232 e. The zero-order chi connectivity index (χ0) is 12.3. The number of sulfonamides is 1. The molecule has 1 rings (SSSR count). The Kier molecular flexibility index (Phi) is 4.26. The third-order valence-corrected chi connectivity index (χ3v) is 3.85. The molecule has 0 bridgehead atoms. The Bertz CT molecular complexity index is 491. The molecule has 16 heavy (non-hydrogen) atoms. The van der Waals surface area contributed by atoms with Crippen molar-refractivity contribution in [3.8, 4) is 0 Å². The van der Waals surface area contributed by atoms with Gasteiger partial charge in [-0.3, -0.25) is 4.72 Å². The second-order valence-electron chi connectivity index (χ2n) is 3.14. The van der Waals surface area contributed by atoms with E-state index in [1.807, 2.05) is 4.72 Å². The molecule has 0 saturated heterocycles. The first-order valence-electron chi connectivity index (χ1n) is 4.51. The maximum absolute atomic E-state index is 13.4. The van der Waals surface area contributed by atoms with E-state index in [-0.39, 0.29) is 10.2 Å². The van der Waals surface area contributed by atoms with Gasteiger partial charge in [0.25, 0.3) is 0 Å². The van der Waals surface area contributed by atoms with Crippen LogP contribution >= 0.6 is 15.9 Å². The quantitative estimate of drug-likeness (QED) is 0.869. The van der Waals surface area contributed by atoms with Crippen molar-refractivity contribution in [1.82, 2.24) is 0 Å². The second-order valence-corrected chi connectivity index (χ2v) is 5.84. The van der Waals surface area contributed by atoms with E-state index in [1.54, 1.807) is 6.92 Å². The number of rotatable bonds is 4. The van der Waals surface area contributed by atoms with Gasteiger partial charge in [-0.1, -0.05) is 6.92 Å². The topological polar surface area (TPSA) is 46.2 Å². The fourth-order valence-electron chi connectivity index (χ4n) is 1.10. The van der Waals surface area contributed by atoms with E-state index in [0.29, 0.717) is 6.42 Å². The van der Waals surface area contributed by atoms with Gasteiger partial charge in [-0.25, -0.2) is 17.2 Å². The Balaban J connectivity index is 3.11. The van der Waals surface area contributed by atoms with Gasteiger partial charge in [0.15, 0.2) is 5.82 Å². The summed E-state index contributed by atoms with van der Waals surface area (Å²) in [4.78, 5) is 0. The van der Waals surface area contributed by atoms with Gasteiger partial charge in [-0.15, -0.1) is 0 Å². The van der Waals surface area contributed by atoms with Crippen LogP contribution in [0, 0.1) is 11.6 Å². The van der Waals surface area contributed by atoms with Crippen LogP contribution in [0.4, 0.5) is 14.5 Å². The predicted molar refractivity (Wildman–Crippen MR) is 61.8 cm³/mol. The van der Waals surface area contributed by atoms with Crippen LogP contribution in [0.5, 0.6) is 0 Å². The van der Waals surface area contributed by atoms with E-state index < -0.39 is 27.3 Å². The summed E-state index contributed by atoms with van der Waals surface area (Å²) in [5.41, 5.74) is -0.650. The van der Waals surface area contributed by atoms with Gasteiger partial charge in [0, 0.05) is 0 Å². The normalized spacial score (nSPS) is 11.5. The van der Waals surface area contributed by atoms with Crippen LogP contribution in [0.2, 0.25) is 0 Å². The van der Waals surface area contributed by atoms with E-state index in [1.165, 1.54) is 6.07 Å². The number of nitrogens with one attached hydrogen (secondary N) is 1. The molecule has 7 heteroatoms. The van der Waals surface area contributed by atoms with Crippen LogP contribution in [-0.4, -0.2) is 14.2 Å². The summed E-state index contributed by atoms with van der Waals surface area (Å²) in [6.45, 7) is 1.66. The van der Waals surface area contributed by atoms with E-state index in [2.05, 4.69) is 15.9 Å². The van der Waals surface area contributed by atoms with Crippen molar-refractivity contribution < 1.29 is 17.2 Å². The molecule has 0 atom stereocenters. The summed E-state index contributed by atoms with van der Waals surface area (Å²) >= 11 is 2.85. The van der Waals surface area contributed by atoms with Crippen molar-refractivity contribution in [3.63, 3.8) is 0 Å². The third kappa shape index (κ3) is 3.15. The van der Waals surface area contributed by atoms with Crippen molar-refractivity contribution in [3.05, 3.63) is 28.2 Å². The summed E-state index contributed by atoms with van der Waals surface area (Å²) in [5.74, 6) is -2.08. The monoisotopic (exact) mass is 313 g/mol. The van der Waals surface area contributed by atoms with Gasteiger partial charge in [0.05, 0.1) is 10.2 Å². The molecular weight excluding hydrogens is 304 g/mol. The van der Waals surface area contributed by atoms with Crippen LogP contribution in [0.3, 0.4) is 0 Å². The number of anilines is 1. The molecule has 0 amide bonds. The SMILES string of the molecule is CCCS(=O)(=O)Nc1c(F)ccc(Br)c1F. The van der Waals surface area contributed by atoms with Gasteiger partial charge in [0.2, 0.25) is 10.0 Å². The van der Waals surface area contributed by atoms with Gasteiger partial charge in [-0.05, 0) is 34.5 Å². The fourth-order valence-corrected chi connectivity index (χ4v) is 2.56. The lowest BCUT2D eigenvalue weighted by atomic mass is 10.3. The minimum Gasteiger partial charge on any atom is -0.278 e. The van der Waals surface area contributed by atoms with E-state index >= 15 is 0 Å². The van der Waals surface area contributed by atoms with Crippen LogP contribution in [-0.2, 0) is 10.0 Å². The Morgan fingerprint density at radius 3 is 2.56 bits per heavy atom.